The molecule has 1 fully saturated rings. The highest BCUT2D eigenvalue weighted by molar-refractivity contribution is 7.23. The fourth-order valence-electron chi connectivity index (χ4n) is 2.92. The summed E-state index contributed by atoms with van der Waals surface area (Å²) in [7, 11) is 0. The van der Waals surface area contributed by atoms with Crippen molar-refractivity contribution < 1.29 is 14.7 Å². The van der Waals surface area contributed by atoms with Crippen LogP contribution >= 0.6 is 34.3 Å². The van der Waals surface area contributed by atoms with E-state index in [2.05, 4.69) is 4.98 Å². The summed E-state index contributed by atoms with van der Waals surface area (Å²) < 4.78 is 0.692. The minimum absolute atomic E-state index is 0.0105. The predicted octanol–water partition coefficient (Wildman–Crippen LogP) is 4.38. The number of piperidine rings is 1. The predicted molar refractivity (Wildman–Crippen MR) is 96.0 cm³/mol. The van der Waals surface area contributed by atoms with Gasteiger partial charge in [-0.15, -0.1) is 22.7 Å². The lowest BCUT2D eigenvalue weighted by atomic mass is 9.97. The molecule has 2 aromatic heterocycles. The van der Waals surface area contributed by atoms with Crippen LogP contribution in [0.5, 0.6) is 0 Å². The highest BCUT2D eigenvalue weighted by atomic mass is 35.5. The smallest absolute Gasteiger partial charge is 0.303 e. The Morgan fingerprint density at radius 3 is 2.92 bits per heavy atom. The lowest BCUT2D eigenvalue weighted by molar-refractivity contribution is -0.137. The van der Waals surface area contributed by atoms with Gasteiger partial charge in [-0.2, -0.15) is 0 Å². The minimum atomic E-state index is -0.821. The van der Waals surface area contributed by atoms with Crippen molar-refractivity contribution in [2.75, 3.05) is 6.54 Å². The van der Waals surface area contributed by atoms with Crippen molar-refractivity contribution in [2.24, 2.45) is 0 Å². The van der Waals surface area contributed by atoms with Crippen LogP contribution in [0.4, 0.5) is 0 Å². The summed E-state index contributed by atoms with van der Waals surface area (Å²) in [5.41, 5.74) is 0.432. The van der Waals surface area contributed by atoms with E-state index >= 15 is 0 Å². The first-order chi connectivity index (χ1) is 11.5. The third-order valence-electron chi connectivity index (χ3n) is 4.09. The van der Waals surface area contributed by atoms with Gasteiger partial charge in [0.25, 0.3) is 5.91 Å². The molecule has 3 heterocycles. The SMILES string of the molecule is O=C(O)CCC1CCCCN1C(=O)c1csc(-c2ccc(Cl)s2)n1. The first kappa shape index (κ1) is 17.4. The number of nitrogens with zero attached hydrogens (tertiary/aromatic N) is 2. The Balaban J connectivity index is 1.74. The molecule has 0 aliphatic carbocycles. The number of aliphatic carboxylic acids is 1. The number of likely N-dealkylation sites (tertiary alicyclic amines) is 1. The molecule has 8 heteroatoms. The Kier molecular flexibility index (Phi) is 5.53. The molecule has 2 aromatic rings. The van der Waals surface area contributed by atoms with Gasteiger partial charge in [-0.1, -0.05) is 11.6 Å². The molecule has 0 spiro atoms. The Hall–Kier alpha value is -1.44. The van der Waals surface area contributed by atoms with Crippen molar-refractivity contribution in [2.45, 2.75) is 38.1 Å². The zero-order valence-corrected chi connectivity index (χ0v) is 15.3. The monoisotopic (exact) mass is 384 g/mol. The van der Waals surface area contributed by atoms with E-state index < -0.39 is 5.97 Å². The van der Waals surface area contributed by atoms with Crippen LogP contribution in [-0.4, -0.2) is 39.5 Å². The molecule has 1 amide bonds. The number of rotatable bonds is 5. The molecular weight excluding hydrogens is 368 g/mol. The van der Waals surface area contributed by atoms with E-state index in [1.54, 1.807) is 10.3 Å². The van der Waals surface area contributed by atoms with Gasteiger partial charge in [0, 0.05) is 24.4 Å². The molecule has 1 aliphatic rings. The van der Waals surface area contributed by atoms with E-state index in [0.29, 0.717) is 23.0 Å². The summed E-state index contributed by atoms with van der Waals surface area (Å²) in [6.07, 6.45) is 3.43. The van der Waals surface area contributed by atoms with Gasteiger partial charge in [0.1, 0.15) is 10.7 Å². The number of halogens is 1. The average Bonchev–Trinajstić information content (AvgIpc) is 3.21. The number of aromatic nitrogens is 1. The second-order valence-electron chi connectivity index (χ2n) is 5.72. The van der Waals surface area contributed by atoms with Crippen LogP contribution < -0.4 is 0 Å². The van der Waals surface area contributed by atoms with Crippen molar-refractivity contribution in [3.8, 4) is 9.88 Å². The zero-order valence-electron chi connectivity index (χ0n) is 12.9. The van der Waals surface area contributed by atoms with E-state index in [-0.39, 0.29) is 18.4 Å². The molecule has 1 N–H and O–H groups in total. The van der Waals surface area contributed by atoms with E-state index in [0.717, 1.165) is 29.1 Å². The number of hydrogen-bond donors (Lipinski definition) is 1. The Bertz CT molecular complexity index is 743. The lowest BCUT2D eigenvalue weighted by Gasteiger charge is -2.35. The molecule has 1 unspecified atom stereocenters. The summed E-state index contributed by atoms with van der Waals surface area (Å²) in [5.74, 6) is -0.922. The van der Waals surface area contributed by atoms with Gasteiger partial charge in [-0.05, 0) is 37.8 Å². The summed E-state index contributed by atoms with van der Waals surface area (Å²) >= 11 is 8.82. The molecular formula is C16H17ClN2O3S2. The quantitative estimate of drug-likeness (QED) is 0.830. The van der Waals surface area contributed by atoms with E-state index in [9.17, 15) is 9.59 Å². The summed E-state index contributed by atoms with van der Waals surface area (Å²) in [6, 6.07) is 3.71. The molecule has 1 aliphatic heterocycles. The van der Waals surface area contributed by atoms with E-state index in [4.69, 9.17) is 16.7 Å². The molecule has 128 valence electrons. The van der Waals surface area contributed by atoms with Crippen LogP contribution in [0.15, 0.2) is 17.5 Å². The Morgan fingerprint density at radius 2 is 2.21 bits per heavy atom. The first-order valence-electron chi connectivity index (χ1n) is 7.78. The van der Waals surface area contributed by atoms with Crippen LogP contribution in [0.3, 0.4) is 0 Å². The van der Waals surface area contributed by atoms with Gasteiger partial charge in [-0.25, -0.2) is 4.98 Å². The third kappa shape index (κ3) is 3.96. The Morgan fingerprint density at radius 1 is 1.38 bits per heavy atom. The Labute approximate surface area is 152 Å². The number of carbonyl (C=O) groups excluding carboxylic acids is 1. The molecule has 0 aromatic carbocycles. The first-order valence-corrected chi connectivity index (χ1v) is 9.86. The van der Waals surface area contributed by atoms with Crippen LogP contribution in [0.25, 0.3) is 9.88 Å². The molecule has 0 radical (unpaired) electrons. The molecule has 1 atom stereocenters. The number of carboxylic acids is 1. The normalized spacial score (nSPS) is 17.9. The number of amides is 1. The third-order valence-corrected chi connectivity index (χ3v) is 6.33. The largest absolute Gasteiger partial charge is 0.481 e. The standard InChI is InChI=1S/C16H17ClN2O3S2/c17-13-6-5-12(24-13)15-18-11(9-23-15)16(22)19-8-2-1-3-10(19)4-7-14(20)21/h5-6,9-10H,1-4,7-8H2,(H,20,21). The number of thiophene rings is 1. The van der Waals surface area contributed by atoms with Gasteiger partial charge < -0.3 is 10.0 Å². The van der Waals surface area contributed by atoms with E-state index in [1.807, 2.05) is 12.1 Å². The van der Waals surface area contributed by atoms with Crippen molar-refractivity contribution in [3.63, 3.8) is 0 Å². The molecule has 0 saturated carbocycles. The molecule has 0 bridgehead atoms. The van der Waals surface area contributed by atoms with Crippen LogP contribution in [0.1, 0.15) is 42.6 Å². The fraction of sp³-hybridized carbons (Fsp3) is 0.438. The highest BCUT2D eigenvalue weighted by Gasteiger charge is 2.29. The molecule has 1 saturated heterocycles. The van der Waals surface area contributed by atoms with E-state index in [1.165, 1.54) is 22.7 Å². The van der Waals surface area contributed by atoms with Gasteiger partial charge in [0.2, 0.25) is 0 Å². The van der Waals surface area contributed by atoms with Gasteiger partial charge in [0.15, 0.2) is 0 Å². The van der Waals surface area contributed by atoms with Gasteiger partial charge in [-0.3, -0.25) is 9.59 Å². The molecule has 24 heavy (non-hydrogen) atoms. The summed E-state index contributed by atoms with van der Waals surface area (Å²) in [6.45, 7) is 0.667. The van der Waals surface area contributed by atoms with Crippen LogP contribution in [0, 0.1) is 0 Å². The second-order valence-corrected chi connectivity index (χ2v) is 8.30. The maximum Gasteiger partial charge on any atom is 0.303 e. The summed E-state index contributed by atoms with van der Waals surface area (Å²) in [4.78, 5) is 30.8. The number of hydrogen-bond acceptors (Lipinski definition) is 5. The van der Waals surface area contributed by atoms with Crippen LogP contribution in [-0.2, 0) is 4.79 Å². The van der Waals surface area contributed by atoms with Crippen molar-refractivity contribution in [1.82, 2.24) is 9.88 Å². The summed E-state index contributed by atoms with van der Waals surface area (Å²) in [5, 5.41) is 11.5. The molecule has 5 nitrogen and oxygen atoms in total. The lowest BCUT2D eigenvalue weighted by Crippen LogP contribution is -2.44. The number of carboxylic acid groups (broad SMARTS) is 1. The number of carbonyl (C=O) groups is 2. The minimum Gasteiger partial charge on any atom is -0.481 e. The van der Waals surface area contributed by atoms with Crippen molar-refractivity contribution >= 4 is 46.2 Å². The highest BCUT2D eigenvalue weighted by Crippen LogP contribution is 2.33. The molecule has 3 rings (SSSR count). The van der Waals surface area contributed by atoms with Crippen molar-refractivity contribution in [3.05, 3.63) is 27.5 Å². The fourth-order valence-corrected chi connectivity index (χ4v) is 4.83. The average molecular weight is 385 g/mol. The maximum atomic E-state index is 12.8. The van der Waals surface area contributed by atoms with Crippen LogP contribution in [0.2, 0.25) is 4.34 Å². The van der Waals surface area contributed by atoms with Gasteiger partial charge in [0.05, 0.1) is 9.21 Å². The zero-order chi connectivity index (χ0) is 17.1. The van der Waals surface area contributed by atoms with Gasteiger partial charge >= 0.3 is 5.97 Å². The number of thiazole rings is 1. The topological polar surface area (TPSA) is 70.5 Å². The van der Waals surface area contributed by atoms with Crippen molar-refractivity contribution in [1.29, 1.82) is 0 Å². The maximum absolute atomic E-state index is 12.8. The second kappa shape index (κ2) is 7.63.